The first kappa shape index (κ1) is 11.9. The largest absolute Gasteiger partial charge is 0.388 e. The Balaban J connectivity index is 2.10. The normalized spacial score (nSPS) is 21.9. The van der Waals surface area contributed by atoms with Crippen LogP contribution in [0, 0.1) is 12.3 Å². The molecule has 0 aromatic carbocycles. The molecule has 2 heterocycles. The smallest absolute Gasteiger partial charge is 0.213 e. The van der Waals surface area contributed by atoms with Crippen molar-refractivity contribution in [2.24, 2.45) is 5.41 Å². The second kappa shape index (κ2) is 3.90. The van der Waals surface area contributed by atoms with E-state index >= 15 is 0 Å². The Morgan fingerprint density at radius 3 is 2.94 bits per heavy atom. The molecule has 1 aliphatic carbocycles. The minimum atomic E-state index is -0.362. The van der Waals surface area contributed by atoms with Crippen LogP contribution in [0.15, 0.2) is 12.3 Å². The van der Waals surface area contributed by atoms with Crippen LogP contribution in [0.4, 0.5) is 0 Å². The molecule has 2 aromatic rings. The molecule has 0 aliphatic heterocycles. The molecular formula is C13H17N3OS. The second-order valence-corrected chi connectivity index (χ2v) is 6.50. The molecule has 0 saturated heterocycles. The minimum absolute atomic E-state index is 0.127. The predicted molar refractivity (Wildman–Crippen MR) is 71.0 cm³/mol. The number of hydrogen-bond acceptors (Lipinski definition) is 4. The Morgan fingerprint density at radius 2 is 2.28 bits per heavy atom. The lowest BCUT2D eigenvalue weighted by Gasteiger charge is -2.33. The zero-order valence-corrected chi connectivity index (χ0v) is 11.7. The molecule has 1 N–H and O–H groups in total. The summed E-state index contributed by atoms with van der Waals surface area (Å²) in [6.45, 7) is 6.29. The number of aliphatic hydroxyl groups is 1. The molecule has 1 aliphatic rings. The maximum atomic E-state index is 10.2. The topological polar surface area (TPSA) is 50.9 Å². The van der Waals surface area contributed by atoms with E-state index in [1.165, 1.54) is 17.2 Å². The lowest BCUT2D eigenvalue weighted by atomic mass is 9.75. The van der Waals surface area contributed by atoms with Gasteiger partial charge in [0.1, 0.15) is 5.82 Å². The summed E-state index contributed by atoms with van der Waals surface area (Å²) in [5.41, 5.74) is 2.35. The van der Waals surface area contributed by atoms with Gasteiger partial charge in [-0.05, 0) is 31.2 Å². The van der Waals surface area contributed by atoms with Gasteiger partial charge in [0, 0.05) is 29.0 Å². The number of nitrogens with zero attached hydrogens (tertiary/aromatic N) is 3. The van der Waals surface area contributed by atoms with E-state index in [0.717, 1.165) is 29.4 Å². The zero-order chi connectivity index (χ0) is 12.9. The molecule has 3 rings (SSSR count). The molecule has 1 atom stereocenters. The van der Waals surface area contributed by atoms with E-state index in [2.05, 4.69) is 27.8 Å². The molecule has 0 bridgehead atoms. The van der Waals surface area contributed by atoms with Crippen LogP contribution >= 0.6 is 11.5 Å². The molecular weight excluding hydrogens is 246 g/mol. The fraction of sp³-hybridized carbons (Fsp3) is 0.538. The Bertz CT molecular complexity index is 585. The van der Waals surface area contributed by atoms with Crippen LogP contribution < -0.4 is 0 Å². The summed E-state index contributed by atoms with van der Waals surface area (Å²) in [4.78, 5) is 4.42. The van der Waals surface area contributed by atoms with Crippen molar-refractivity contribution in [1.82, 2.24) is 13.9 Å². The number of aromatic nitrogens is 3. The SMILES string of the molecule is Cc1nsc(-n2ccc3c2CC(C)(C)CC3O)n1. The van der Waals surface area contributed by atoms with Crippen LogP contribution in [0.25, 0.3) is 5.13 Å². The van der Waals surface area contributed by atoms with Crippen LogP contribution in [0.5, 0.6) is 0 Å². The Hall–Kier alpha value is -1.20. The number of aryl methyl sites for hydroxylation is 1. The summed E-state index contributed by atoms with van der Waals surface area (Å²) < 4.78 is 6.30. The lowest BCUT2D eigenvalue weighted by molar-refractivity contribution is 0.0987. The van der Waals surface area contributed by atoms with Gasteiger partial charge >= 0.3 is 0 Å². The average molecular weight is 263 g/mol. The third-order valence-corrected chi connectivity index (χ3v) is 4.31. The molecule has 0 saturated carbocycles. The maximum absolute atomic E-state index is 10.2. The van der Waals surface area contributed by atoms with E-state index in [1.807, 2.05) is 19.2 Å². The van der Waals surface area contributed by atoms with E-state index in [-0.39, 0.29) is 11.5 Å². The Kier molecular flexibility index (Phi) is 2.57. The van der Waals surface area contributed by atoms with Gasteiger partial charge in [0.15, 0.2) is 0 Å². The fourth-order valence-corrected chi connectivity index (χ4v) is 3.38. The first-order chi connectivity index (χ1) is 8.46. The van der Waals surface area contributed by atoms with E-state index in [1.54, 1.807) is 0 Å². The van der Waals surface area contributed by atoms with Crippen molar-refractivity contribution in [2.75, 3.05) is 0 Å². The van der Waals surface area contributed by atoms with E-state index in [0.29, 0.717) is 0 Å². The molecule has 18 heavy (non-hydrogen) atoms. The lowest BCUT2D eigenvalue weighted by Crippen LogP contribution is -2.26. The highest BCUT2D eigenvalue weighted by atomic mass is 32.1. The van der Waals surface area contributed by atoms with Gasteiger partial charge in [-0.1, -0.05) is 13.8 Å². The van der Waals surface area contributed by atoms with Crippen molar-refractivity contribution in [3.63, 3.8) is 0 Å². The molecule has 2 aromatic heterocycles. The quantitative estimate of drug-likeness (QED) is 0.860. The first-order valence-electron chi connectivity index (χ1n) is 6.15. The minimum Gasteiger partial charge on any atom is -0.388 e. The third kappa shape index (κ3) is 1.87. The molecule has 4 nitrogen and oxygen atoms in total. The monoisotopic (exact) mass is 263 g/mol. The highest BCUT2D eigenvalue weighted by Crippen LogP contribution is 2.41. The molecule has 96 valence electrons. The number of rotatable bonds is 1. The molecule has 1 unspecified atom stereocenters. The highest BCUT2D eigenvalue weighted by Gasteiger charge is 2.33. The van der Waals surface area contributed by atoms with Crippen LogP contribution in [0.3, 0.4) is 0 Å². The van der Waals surface area contributed by atoms with Gasteiger partial charge in [-0.3, -0.25) is 4.57 Å². The van der Waals surface area contributed by atoms with Crippen LogP contribution in [-0.2, 0) is 6.42 Å². The van der Waals surface area contributed by atoms with Gasteiger partial charge in [-0.2, -0.15) is 4.37 Å². The zero-order valence-electron chi connectivity index (χ0n) is 10.8. The van der Waals surface area contributed by atoms with Crippen LogP contribution in [0.2, 0.25) is 0 Å². The molecule has 0 spiro atoms. The van der Waals surface area contributed by atoms with Crippen molar-refractivity contribution in [3.05, 3.63) is 29.3 Å². The van der Waals surface area contributed by atoms with Gasteiger partial charge in [0.2, 0.25) is 5.13 Å². The van der Waals surface area contributed by atoms with Crippen molar-refractivity contribution in [2.45, 2.75) is 39.7 Å². The fourth-order valence-electron chi connectivity index (χ4n) is 2.69. The van der Waals surface area contributed by atoms with Gasteiger partial charge in [0.25, 0.3) is 0 Å². The Morgan fingerprint density at radius 1 is 1.50 bits per heavy atom. The van der Waals surface area contributed by atoms with Gasteiger partial charge in [-0.15, -0.1) is 0 Å². The molecule has 0 amide bonds. The summed E-state index contributed by atoms with van der Waals surface area (Å²) in [5.74, 6) is 0.799. The van der Waals surface area contributed by atoms with Gasteiger partial charge in [-0.25, -0.2) is 4.98 Å². The third-order valence-electron chi connectivity index (χ3n) is 3.50. The summed E-state index contributed by atoms with van der Waals surface area (Å²) in [6, 6.07) is 2.01. The standard InChI is InChI=1S/C13H17N3OS/c1-8-14-12(18-15-8)16-5-4-9-10(16)6-13(2,3)7-11(9)17/h4-5,11,17H,6-7H2,1-3H3. The van der Waals surface area contributed by atoms with Crippen molar-refractivity contribution in [1.29, 1.82) is 0 Å². The van der Waals surface area contributed by atoms with Crippen LogP contribution in [-0.4, -0.2) is 19.0 Å². The van der Waals surface area contributed by atoms with Gasteiger partial charge in [0.05, 0.1) is 6.10 Å². The highest BCUT2D eigenvalue weighted by molar-refractivity contribution is 7.08. The van der Waals surface area contributed by atoms with E-state index < -0.39 is 0 Å². The summed E-state index contributed by atoms with van der Waals surface area (Å²) in [5, 5.41) is 11.1. The van der Waals surface area contributed by atoms with Gasteiger partial charge < -0.3 is 5.11 Å². The van der Waals surface area contributed by atoms with Crippen molar-refractivity contribution in [3.8, 4) is 5.13 Å². The van der Waals surface area contributed by atoms with E-state index in [4.69, 9.17) is 0 Å². The molecule has 0 radical (unpaired) electrons. The summed E-state index contributed by atoms with van der Waals surface area (Å²) in [7, 11) is 0. The first-order valence-corrected chi connectivity index (χ1v) is 6.92. The second-order valence-electron chi connectivity index (χ2n) is 5.77. The predicted octanol–water partition coefficient (Wildman–Crippen LogP) is 2.64. The summed E-state index contributed by atoms with van der Waals surface area (Å²) >= 11 is 1.40. The van der Waals surface area contributed by atoms with E-state index in [9.17, 15) is 5.11 Å². The van der Waals surface area contributed by atoms with Crippen molar-refractivity contribution < 1.29 is 5.11 Å². The molecule has 5 heteroatoms. The summed E-state index contributed by atoms with van der Waals surface area (Å²) in [6.07, 6.45) is 3.42. The van der Waals surface area contributed by atoms with Crippen molar-refractivity contribution >= 4 is 11.5 Å². The average Bonchev–Trinajstić information content (AvgIpc) is 2.82. The Labute approximate surface area is 110 Å². The number of fused-ring (bicyclic) bond motifs is 1. The van der Waals surface area contributed by atoms with Crippen LogP contribution in [0.1, 0.15) is 43.5 Å². The number of aliphatic hydroxyl groups excluding tert-OH is 1. The maximum Gasteiger partial charge on any atom is 0.213 e. The number of hydrogen-bond donors (Lipinski definition) is 1. The molecule has 0 fully saturated rings.